The van der Waals surface area contributed by atoms with E-state index in [2.05, 4.69) is 51.5 Å². The maximum absolute atomic E-state index is 5.23. The molecule has 0 aliphatic carbocycles. The van der Waals surface area contributed by atoms with Crippen molar-refractivity contribution in [2.45, 2.75) is 26.3 Å². The van der Waals surface area contributed by atoms with Crippen LogP contribution in [-0.2, 0) is 6.54 Å². The normalized spacial score (nSPS) is 10.9. The summed E-state index contributed by atoms with van der Waals surface area (Å²) in [6.45, 7) is 5.14. The molecule has 96 valence electrons. The summed E-state index contributed by atoms with van der Waals surface area (Å²) >= 11 is 3.51. The molecular formula is C14H17BrN2O. The van der Waals surface area contributed by atoms with Gasteiger partial charge in [0, 0.05) is 24.9 Å². The lowest BCUT2D eigenvalue weighted by molar-refractivity contribution is 0.412. The molecule has 0 aliphatic heterocycles. The van der Waals surface area contributed by atoms with Crippen molar-refractivity contribution in [2.24, 2.45) is 0 Å². The molecule has 2 rings (SSSR count). The Labute approximate surface area is 116 Å². The second kappa shape index (κ2) is 5.57. The fourth-order valence-corrected chi connectivity index (χ4v) is 2.55. The van der Waals surface area contributed by atoms with Gasteiger partial charge in [0.15, 0.2) is 0 Å². The molecule has 0 saturated heterocycles. The Balaban J connectivity index is 2.23. The molecule has 0 fully saturated rings. The van der Waals surface area contributed by atoms with E-state index in [-0.39, 0.29) is 0 Å². The van der Waals surface area contributed by atoms with Gasteiger partial charge in [0.25, 0.3) is 0 Å². The summed E-state index contributed by atoms with van der Waals surface area (Å²) in [4.78, 5) is 4.39. The molecule has 0 amide bonds. The van der Waals surface area contributed by atoms with Crippen molar-refractivity contribution in [1.82, 2.24) is 9.55 Å². The zero-order valence-electron chi connectivity index (χ0n) is 10.9. The lowest BCUT2D eigenvalue weighted by Crippen LogP contribution is -2.05. The third-order valence-electron chi connectivity index (χ3n) is 2.83. The van der Waals surface area contributed by atoms with E-state index in [0.717, 1.165) is 22.6 Å². The summed E-state index contributed by atoms with van der Waals surface area (Å²) in [7, 11) is 1.67. The van der Waals surface area contributed by atoms with E-state index in [0.29, 0.717) is 5.92 Å². The molecule has 0 saturated carbocycles. The Morgan fingerprint density at radius 3 is 2.78 bits per heavy atom. The number of ether oxygens (including phenoxy) is 1. The summed E-state index contributed by atoms with van der Waals surface area (Å²) < 4.78 is 8.39. The summed E-state index contributed by atoms with van der Waals surface area (Å²) in [6, 6.07) is 6.14. The smallest absolute Gasteiger partial charge is 0.133 e. The van der Waals surface area contributed by atoms with Gasteiger partial charge in [-0.05, 0) is 33.6 Å². The summed E-state index contributed by atoms with van der Waals surface area (Å²) in [5, 5.41) is 0. The molecule has 1 aromatic heterocycles. The quantitative estimate of drug-likeness (QED) is 0.858. The number of benzene rings is 1. The Hall–Kier alpha value is -1.29. The molecule has 3 nitrogen and oxygen atoms in total. The van der Waals surface area contributed by atoms with E-state index in [1.807, 2.05) is 18.5 Å². The van der Waals surface area contributed by atoms with E-state index in [4.69, 9.17) is 4.74 Å². The molecule has 0 atom stereocenters. The molecule has 0 N–H and O–H groups in total. The lowest BCUT2D eigenvalue weighted by atomic mass is 10.2. The summed E-state index contributed by atoms with van der Waals surface area (Å²) in [6.07, 6.45) is 3.88. The van der Waals surface area contributed by atoms with Gasteiger partial charge < -0.3 is 9.30 Å². The fourth-order valence-electron chi connectivity index (χ4n) is 1.96. The first-order chi connectivity index (χ1) is 8.61. The van der Waals surface area contributed by atoms with Crippen molar-refractivity contribution in [3.05, 3.63) is 46.5 Å². The van der Waals surface area contributed by atoms with Crippen LogP contribution in [0.2, 0.25) is 0 Å². The van der Waals surface area contributed by atoms with Crippen LogP contribution in [0.4, 0.5) is 0 Å². The van der Waals surface area contributed by atoms with Gasteiger partial charge in [-0.15, -0.1) is 0 Å². The SMILES string of the molecule is COc1ccc(Cn2ccnc2C(C)C)cc1Br. The first-order valence-corrected chi connectivity index (χ1v) is 6.74. The lowest BCUT2D eigenvalue weighted by Gasteiger charge is -2.11. The third kappa shape index (κ3) is 2.75. The number of nitrogens with zero attached hydrogens (tertiary/aromatic N) is 2. The van der Waals surface area contributed by atoms with E-state index >= 15 is 0 Å². The third-order valence-corrected chi connectivity index (χ3v) is 3.45. The molecule has 1 heterocycles. The first-order valence-electron chi connectivity index (χ1n) is 5.95. The van der Waals surface area contributed by atoms with Crippen LogP contribution in [0.5, 0.6) is 5.75 Å². The topological polar surface area (TPSA) is 27.1 Å². The van der Waals surface area contributed by atoms with E-state index in [9.17, 15) is 0 Å². The molecule has 18 heavy (non-hydrogen) atoms. The second-order valence-electron chi connectivity index (χ2n) is 4.54. The molecule has 0 bridgehead atoms. The fraction of sp³-hybridized carbons (Fsp3) is 0.357. The molecule has 2 aromatic rings. The van der Waals surface area contributed by atoms with E-state index in [1.165, 1.54) is 5.56 Å². The van der Waals surface area contributed by atoms with Crippen molar-refractivity contribution >= 4 is 15.9 Å². The summed E-state index contributed by atoms with van der Waals surface area (Å²) in [5.41, 5.74) is 1.22. The molecule has 0 unspecified atom stereocenters. The minimum Gasteiger partial charge on any atom is -0.496 e. The zero-order valence-corrected chi connectivity index (χ0v) is 12.4. The van der Waals surface area contributed by atoms with Gasteiger partial charge >= 0.3 is 0 Å². The van der Waals surface area contributed by atoms with Crippen LogP contribution >= 0.6 is 15.9 Å². The standard InChI is InChI=1S/C14H17BrN2O/c1-10(2)14-16-6-7-17(14)9-11-4-5-13(18-3)12(15)8-11/h4-8,10H,9H2,1-3H3. The summed E-state index contributed by atoms with van der Waals surface area (Å²) in [5.74, 6) is 2.40. The highest BCUT2D eigenvalue weighted by atomic mass is 79.9. The number of methoxy groups -OCH3 is 1. The van der Waals surface area contributed by atoms with Gasteiger partial charge in [0.2, 0.25) is 0 Å². The Morgan fingerprint density at radius 2 is 2.17 bits per heavy atom. The van der Waals surface area contributed by atoms with Crippen molar-refractivity contribution in [3.63, 3.8) is 0 Å². The Morgan fingerprint density at radius 1 is 1.39 bits per heavy atom. The predicted octanol–water partition coefficient (Wildman–Crippen LogP) is 3.83. The van der Waals surface area contributed by atoms with Crippen LogP contribution in [0.3, 0.4) is 0 Å². The molecular weight excluding hydrogens is 292 g/mol. The minimum atomic E-state index is 0.432. The highest BCUT2D eigenvalue weighted by Crippen LogP contribution is 2.26. The Bertz CT molecular complexity index is 534. The van der Waals surface area contributed by atoms with Crippen molar-refractivity contribution in [1.29, 1.82) is 0 Å². The van der Waals surface area contributed by atoms with E-state index in [1.54, 1.807) is 7.11 Å². The average molecular weight is 309 g/mol. The van der Waals surface area contributed by atoms with Gasteiger partial charge in [0.05, 0.1) is 11.6 Å². The number of hydrogen-bond acceptors (Lipinski definition) is 2. The largest absolute Gasteiger partial charge is 0.496 e. The van der Waals surface area contributed by atoms with Crippen LogP contribution in [0.25, 0.3) is 0 Å². The van der Waals surface area contributed by atoms with Gasteiger partial charge in [-0.1, -0.05) is 19.9 Å². The molecule has 0 aliphatic rings. The molecule has 1 aromatic carbocycles. The maximum atomic E-state index is 5.23. The van der Waals surface area contributed by atoms with Gasteiger partial charge in [-0.25, -0.2) is 4.98 Å². The molecule has 4 heteroatoms. The van der Waals surface area contributed by atoms with Gasteiger partial charge in [0.1, 0.15) is 11.6 Å². The van der Waals surface area contributed by atoms with Crippen molar-refractivity contribution in [3.8, 4) is 5.75 Å². The number of hydrogen-bond donors (Lipinski definition) is 0. The zero-order chi connectivity index (χ0) is 13.1. The number of rotatable bonds is 4. The number of halogens is 1. The monoisotopic (exact) mass is 308 g/mol. The maximum Gasteiger partial charge on any atom is 0.133 e. The first kappa shape index (κ1) is 13.1. The van der Waals surface area contributed by atoms with Crippen molar-refractivity contribution < 1.29 is 4.74 Å². The highest BCUT2D eigenvalue weighted by Gasteiger charge is 2.08. The molecule has 0 radical (unpaired) electrons. The van der Waals surface area contributed by atoms with Crippen LogP contribution in [-0.4, -0.2) is 16.7 Å². The van der Waals surface area contributed by atoms with Crippen LogP contribution < -0.4 is 4.74 Å². The average Bonchev–Trinajstić information content (AvgIpc) is 2.77. The van der Waals surface area contributed by atoms with Crippen LogP contribution in [0.15, 0.2) is 35.1 Å². The van der Waals surface area contributed by atoms with Crippen LogP contribution in [0.1, 0.15) is 31.2 Å². The van der Waals surface area contributed by atoms with Crippen molar-refractivity contribution in [2.75, 3.05) is 7.11 Å². The minimum absolute atomic E-state index is 0.432. The van der Waals surface area contributed by atoms with Gasteiger partial charge in [-0.2, -0.15) is 0 Å². The molecule has 0 spiro atoms. The number of aromatic nitrogens is 2. The Kier molecular flexibility index (Phi) is 4.07. The predicted molar refractivity (Wildman–Crippen MR) is 76.1 cm³/mol. The van der Waals surface area contributed by atoms with E-state index < -0.39 is 0 Å². The highest BCUT2D eigenvalue weighted by molar-refractivity contribution is 9.10. The van der Waals surface area contributed by atoms with Gasteiger partial charge in [-0.3, -0.25) is 0 Å². The number of imidazole rings is 1. The van der Waals surface area contributed by atoms with Crippen LogP contribution in [0, 0.1) is 0 Å². The second-order valence-corrected chi connectivity index (χ2v) is 5.39.